The molecular weight excluding hydrogens is 330 g/mol. The minimum Gasteiger partial charge on any atom is -0.444 e. The molecule has 1 aliphatic rings. The summed E-state index contributed by atoms with van der Waals surface area (Å²) in [7, 11) is 0. The molecule has 1 aliphatic heterocycles. The number of amides is 1. The molecule has 0 aliphatic carbocycles. The van der Waals surface area contributed by atoms with Crippen LogP contribution in [0.3, 0.4) is 0 Å². The van der Waals surface area contributed by atoms with Gasteiger partial charge in [0.1, 0.15) is 6.10 Å². The van der Waals surface area contributed by atoms with Crippen LogP contribution in [0.15, 0.2) is 26.1 Å². The molecule has 0 bridgehead atoms. The Morgan fingerprint density at radius 3 is 3.05 bits per heavy atom. The van der Waals surface area contributed by atoms with Gasteiger partial charge in [-0.15, -0.1) is 0 Å². The van der Waals surface area contributed by atoms with Crippen molar-refractivity contribution >= 4 is 21.8 Å². The first kappa shape index (κ1) is 13.3. The van der Waals surface area contributed by atoms with Crippen LogP contribution in [0.25, 0.3) is 0 Å². The predicted molar refractivity (Wildman–Crippen MR) is 70.0 cm³/mol. The van der Waals surface area contributed by atoms with E-state index >= 15 is 0 Å². The van der Waals surface area contributed by atoms with Gasteiger partial charge in [0.05, 0.1) is 13.2 Å². The van der Waals surface area contributed by atoms with Gasteiger partial charge < -0.3 is 18.6 Å². The van der Waals surface area contributed by atoms with E-state index in [2.05, 4.69) is 26.1 Å². The fourth-order valence-corrected chi connectivity index (χ4v) is 2.32. The normalized spacial score (nSPS) is 19.3. The van der Waals surface area contributed by atoms with Crippen molar-refractivity contribution in [3.63, 3.8) is 0 Å². The minimum atomic E-state index is -0.369. The van der Waals surface area contributed by atoms with Crippen LogP contribution < -0.4 is 0 Å². The van der Waals surface area contributed by atoms with Gasteiger partial charge in [-0.2, -0.15) is 4.98 Å². The SMILES string of the molecule is Cc1cc(C(=O)N2CCOC(c3ncon3)C2)oc1Br. The van der Waals surface area contributed by atoms with Gasteiger partial charge in [-0.05, 0) is 28.9 Å². The van der Waals surface area contributed by atoms with E-state index in [-0.39, 0.29) is 12.0 Å². The number of ether oxygens (including phenoxy) is 1. The summed E-state index contributed by atoms with van der Waals surface area (Å²) in [6.45, 7) is 3.16. The van der Waals surface area contributed by atoms with Gasteiger partial charge >= 0.3 is 0 Å². The fraction of sp³-hybridized carbons (Fsp3) is 0.417. The van der Waals surface area contributed by atoms with E-state index in [0.717, 1.165) is 5.56 Å². The van der Waals surface area contributed by atoms with Crippen molar-refractivity contribution in [2.75, 3.05) is 19.7 Å². The molecular formula is C12H12BrN3O4. The Morgan fingerprint density at radius 1 is 1.55 bits per heavy atom. The molecule has 0 N–H and O–H groups in total. The van der Waals surface area contributed by atoms with E-state index in [0.29, 0.717) is 36.0 Å². The third-order valence-corrected chi connectivity index (χ3v) is 3.88. The molecule has 0 saturated carbocycles. The van der Waals surface area contributed by atoms with Crippen molar-refractivity contribution in [3.8, 4) is 0 Å². The number of halogens is 1. The van der Waals surface area contributed by atoms with E-state index in [1.807, 2.05) is 6.92 Å². The number of hydrogen-bond donors (Lipinski definition) is 0. The van der Waals surface area contributed by atoms with Crippen LogP contribution in [-0.4, -0.2) is 40.6 Å². The smallest absolute Gasteiger partial charge is 0.289 e. The third-order valence-electron chi connectivity index (χ3n) is 3.09. The second-order valence-corrected chi connectivity index (χ2v) is 5.19. The standard InChI is InChI=1S/C12H12BrN3O4/c1-7-4-8(20-10(7)13)12(17)16-2-3-18-9(5-16)11-14-6-19-15-11/h4,6,9H,2-3,5H2,1H3. The molecule has 1 unspecified atom stereocenters. The number of rotatable bonds is 2. The Balaban J connectivity index is 1.75. The lowest BCUT2D eigenvalue weighted by molar-refractivity contribution is -0.0285. The third kappa shape index (κ3) is 2.48. The summed E-state index contributed by atoms with van der Waals surface area (Å²) in [5.41, 5.74) is 0.885. The molecule has 2 aromatic rings. The molecule has 106 valence electrons. The van der Waals surface area contributed by atoms with Gasteiger partial charge in [0.25, 0.3) is 5.91 Å². The van der Waals surface area contributed by atoms with E-state index in [9.17, 15) is 4.79 Å². The Morgan fingerprint density at radius 2 is 2.40 bits per heavy atom. The fourth-order valence-electron chi connectivity index (χ4n) is 2.03. The first-order valence-corrected chi connectivity index (χ1v) is 6.87. The lowest BCUT2D eigenvalue weighted by Gasteiger charge is -2.30. The van der Waals surface area contributed by atoms with Gasteiger partial charge in [0.2, 0.25) is 12.2 Å². The van der Waals surface area contributed by atoms with E-state index in [1.165, 1.54) is 6.39 Å². The van der Waals surface area contributed by atoms with Crippen molar-refractivity contribution < 1.29 is 18.5 Å². The summed E-state index contributed by atoms with van der Waals surface area (Å²) in [4.78, 5) is 18.0. The Hall–Kier alpha value is -1.67. The first-order chi connectivity index (χ1) is 9.65. The van der Waals surface area contributed by atoms with Crippen LogP contribution in [0.2, 0.25) is 0 Å². The van der Waals surface area contributed by atoms with Gasteiger partial charge in [0, 0.05) is 12.1 Å². The van der Waals surface area contributed by atoms with Crippen molar-refractivity contribution in [1.82, 2.24) is 15.0 Å². The van der Waals surface area contributed by atoms with Gasteiger partial charge in [0.15, 0.2) is 10.4 Å². The van der Waals surface area contributed by atoms with Crippen LogP contribution in [0.5, 0.6) is 0 Å². The summed E-state index contributed by atoms with van der Waals surface area (Å²) in [5, 5.41) is 3.74. The zero-order valence-corrected chi connectivity index (χ0v) is 12.3. The second-order valence-electron chi connectivity index (χ2n) is 4.47. The minimum absolute atomic E-state index is 0.171. The number of furan rings is 1. The van der Waals surface area contributed by atoms with Gasteiger partial charge in [-0.25, -0.2) is 0 Å². The summed E-state index contributed by atoms with van der Waals surface area (Å²) in [5.74, 6) is 0.582. The quantitative estimate of drug-likeness (QED) is 0.830. The monoisotopic (exact) mass is 341 g/mol. The number of morpholine rings is 1. The maximum atomic E-state index is 12.4. The zero-order chi connectivity index (χ0) is 14.1. The van der Waals surface area contributed by atoms with Crippen LogP contribution in [0, 0.1) is 6.92 Å². The Labute approximate surface area is 123 Å². The van der Waals surface area contributed by atoms with Crippen molar-refractivity contribution in [3.05, 3.63) is 34.3 Å². The molecule has 0 radical (unpaired) electrons. The average molecular weight is 342 g/mol. The number of nitrogens with zero attached hydrogens (tertiary/aromatic N) is 3. The lowest BCUT2D eigenvalue weighted by Crippen LogP contribution is -2.42. The number of carbonyl (C=O) groups excluding carboxylic acids is 1. The molecule has 3 rings (SSSR count). The van der Waals surface area contributed by atoms with Crippen LogP contribution in [0.4, 0.5) is 0 Å². The van der Waals surface area contributed by atoms with E-state index in [1.54, 1.807) is 11.0 Å². The van der Waals surface area contributed by atoms with Crippen LogP contribution >= 0.6 is 15.9 Å². The van der Waals surface area contributed by atoms with Crippen LogP contribution in [0.1, 0.15) is 28.0 Å². The molecule has 3 heterocycles. The van der Waals surface area contributed by atoms with E-state index in [4.69, 9.17) is 13.7 Å². The predicted octanol–water partition coefficient (Wildman–Crippen LogP) is 1.95. The molecule has 1 amide bonds. The highest BCUT2D eigenvalue weighted by atomic mass is 79.9. The number of aryl methyl sites for hydroxylation is 1. The number of hydrogen-bond acceptors (Lipinski definition) is 6. The highest BCUT2D eigenvalue weighted by molar-refractivity contribution is 9.10. The molecule has 1 atom stereocenters. The van der Waals surface area contributed by atoms with Crippen molar-refractivity contribution in [2.45, 2.75) is 13.0 Å². The summed E-state index contributed by atoms with van der Waals surface area (Å²) in [6, 6.07) is 1.71. The number of carbonyl (C=O) groups is 1. The lowest BCUT2D eigenvalue weighted by atomic mass is 10.2. The Kier molecular flexibility index (Phi) is 3.58. The van der Waals surface area contributed by atoms with Crippen molar-refractivity contribution in [1.29, 1.82) is 0 Å². The molecule has 1 saturated heterocycles. The molecule has 8 heteroatoms. The molecule has 1 fully saturated rings. The highest BCUT2D eigenvalue weighted by Crippen LogP contribution is 2.24. The number of aromatic nitrogens is 2. The molecule has 2 aromatic heterocycles. The summed E-state index contributed by atoms with van der Waals surface area (Å²) in [6.07, 6.45) is 0.873. The Bertz CT molecular complexity index is 591. The molecule has 20 heavy (non-hydrogen) atoms. The second kappa shape index (κ2) is 5.37. The van der Waals surface area contributed by atoms with E-state index < -0.39 is 0 Å². The topological polar surface area (TPSA) is 81.6 Å². The highest BCUT2D eigenvalue weighted by Gasteiger charge is 2.30. The maximum Gasteiger partial charge on any atom is 0.289 e. The van der Waals surface area contributed by atoms with Crippen LogP contribution in [-0.2, 0) is 4.74 Å². The summed E-state index contributed by atoms with van der Waals surface area (Å²) < 4.78 is 16.2. The van der Waals surface area contributed by atoms with Gasteiger partial charge in [-0.1, -0.05) is 5.16 Å². The summed E-state index contributed by atoms with van der Waals surface area (Å²) >= 11 is 3.26. The zero-order valence-electron chi connectivity index (χ0n) is 10.7. The molecule has 7 nitrogen and oxygen atoms in total. The molecule has 0 spiro atoms. The average Bonchev–Trinajstić information content (AvgIpc) is 3.09. The largest absolute Gasteiger partial charge is 0.444 e. The van der Waals surface area contributed by atoms with Gasteiger partial charge in [-0.3, -0.25) is 4.79 Å². The van der Waals surface area contributed by atoms with Crippen molar-refractivity contribution in [2.24, 2.45) is 0 Å². The molecule has 0 aromatic carbocycles. The first-order valence-electron chi connectivity index (χ1n) is 6.08. The maximum absolute atomic E-state index is 12.4.